The molecule has 1 saturated heterocycles. The van der Waals surface area contributed by atoms with Crippen LogP contribution < -0.4 is 0 Å². The highest BCUT2D eigenvalue weighted by atomic mass is 15.2. The van der Waals surface area contributed by atoms with E-state index in [1.807, 2.05) is 0 Å². The van der Waals surface area contributed by atoms with Gasteiger partial charge in [-0.3, -0.25) is 4.90 Å². The maximum Gasteiger partial charge on any atom is 0.0875 e. The van der Waals surface area contributed by atoms with Crippen LogP contribution in [0.15, 0.2) is 72.9 Å². The highest BCUT2D eigenvalue weighted by Gasteiger charge is 2.28. The van der Waals surface area contributed by atoms with Crippen LogP contribution in [-0.4, -0.2) is 27.4 Å². The van der Waals surface area contributed by atoms with Crippen LogP contribution in [0.5, 0.6) is 0 Å². The molecule has 0 amide bonds. The fourth-order valence-corrected chi connectivity index (χ4v) is 4.13. The summed E-state index contributed by atoms with van der Waals surface area (Å²) < 4.78 is 2.28. The van der Waals surface area contributed by atoms with E-state index in [2.05, 4.69) is 82.2 Å². The summed E-state index contributed by atoms with van der Waals surface area (Å²) in [4.78, 5) is 7.72. The number of likely N-dealkylation sites (tertiary alicyclic amines) is 1. The van der Waals surface area contributed by atoms with Gasteiger partial charge in [0.05, 0.1) is 28.3 Å². The Morgan fingerprint density at radius 3 is 2.32 bits per heavy atom. The molecule has 3 heteroatoms. The minimum atomic E-state index is 0.214. The minimum absolute atomic E-state index is 0.214. The standard InChI is InChI=1S/C22H21N3/c1-2-9-17(10-3-1)22(24-14-6-7-15-24)21-20-13-8-16-25(20)19-12-5-4-11-18(19)23-21/h1-5,8-13,16,22H,6-7,14-15H2. The average Bonchev–Trinajstić information content (AvgIpc) is 3.35. The number of hydrogen-bond acceptors (Lipinski definition) is 2. The predicted octanol–water partition coefficient (Wildman–Crippen LogP) is 4.67. The van der Waals surface area contributed by atoms with Crippen LogP contribution >= 0.6 is 0 Å². The van der Waals surface area contributed by atoms with E-state index in [0.717, 1.165) is 24.3 Å². The molecular formula is C22H21N3. The highest BCUT2D eigenvalue weighted by Crippen LogP contribution is 2.34. The molecule has 1 fully saturated rings. The van der Waals surface area contributed by atoms with Gasteiger partial charge in [0.1, 0.15) is 0 Å². The SMILES string of the molecule is c1ccc(C(c2nc3ccccc3n3cccc23)N2CCCC2)cc1. The molecule has 1 aliphatic rings. The lowest BCUT2D eigenvalue weighted by Crippen LogP contribution is -2.27. The van der Waals surface area contributed by atoms with E-state index in [1.165, 1.54) is 29.4 Å². The van der Waals surface area contributed by atoms with E-state index in [9.17, 15) is 0 Å². The lowest BCUT2D eigenvalue weighted by Gasteiger charge is -2.28. The molecular weight excluding hydrogens is 306 g/mol. The summed E-state index contributed by atoms with van der Waals surface area (Å²) in [6.45, 7) is 2.28. The second-order valence-electron chi connectivity index (χ2n) is 6.81. The van der Waals surface area contributed by atoms with E-state index >= 15 is 0 Å². The molecule has 0 saturated carbocycles. The zero-order valence-corrected chi connectivity index (χ0v) is 14.2. The zero-order valence-electron chi connectivity index (χ0n) is 14.2. The molecule has 0 N–H and O–H groups in total. The number of hydrogen-bond donors (Lipinski definition) is 0. The topological polar surface area (TPSA) is 20.5 Å². The van der Waals surface area contributed by atoms with E-state index < -0.39 is 0 Å². The Hall–Kier alpha value is -2.65. The number of nitrogens with zero attached hydrogens (tertiary/aromatic N) is 3. The zero-order chi connectivity index (χ0) is 16.6. The van der Waals surface area contributed by atoms with Gasteiger partial charge in [-0.2, -0.15) is 0 Å². The number of aromatic nitrogens is 2. The molecule has 1 aliphatic heterocycles. The van der Waals surface area contributed by atoms with Crippen molar-refractivity contribution in [2.24, 2.45) is 0 Å². The monoisotopic (exact) mass is 327 g/mol. The predicted molar refractivity (Wildman–Crippen MR) is 102 cm³/mol. The molecule has 1 unspecified atom stereocenters. The van der Waals surface area contributed by atoms with Crippen molar-refractivity contribution in [3.8, 4) is 0 Å². The second-order valence-corrected chi connectivity index (χ2v) is 6.81. The summed E-state index contributed by atoms with van der Waals surface area (Å²) in [5.41, 5.74) is 5.92. The quantitative estimate of drug-likeness (QED) is 0.545. The van der Waals surface area contributed by atoms with Crippen LogP contribution in [0.1, 0.15) is 30.1 Å². The van der Waals surface area contributed by atoms with Crippen LogP contribution in [0.3, 0.4) is 0 Å². The molecule has 0 spiro atoms. The molecule has 2 aromatic carbocycles. The molecule has 124 valence electrons. The highest BCUT2D eigenvalue weighted by molar-refractivity contribution is 5.80. The first-order chi connectivity index (χ1) is 12.4. The van der Waals surface area contributed by atoms with Gasteiger partial charge in [-0.25, -0.2) is 4.98 Å². The fraction of sp³-hybridized carbons (Fsp3) is 0.227. The van der Waals surface area contributed by atoms with Gasteiger partial charge in [0.15, 0.2) is 0 Å². The number of benzene rings is 2. The third kappa shape index (κ3) is 2.43. The van der Waals surface area contributed by atoms with Gasteiger partial charge >= 0.3 is 0 Å². The van der Waals surface area contributed by atoms with E-state index in [4.69, 9.17) is 4.98 Å². The van der Waals surface area contributed by atoms with Crippen molar-refractivity contribution in [1.82, 2.24) is 14.3 Å². The summed E-state index contributed by atoms with van der Waals surface area (Å²) in [6, 6.07) is 23.8. The van der Waals surface area contributed by atoms with Crippen LogP contribution in [-0.2, 0) is 0 Å². The molecule has 3 nitrogen and oxygen atoms in total. The summed E-state index contributed by atoms with van der Waals surface area (Å²) in [5.74, 6) is 0. The van der Waals surface area contributed by atoms with Gasteiger partial charge < -0.3 is 4.40 Å². The fourth-order valence-electron chi connectivity index (χ4n) is 4.13. The van der Waals surface area contributed by atoms with Crippen molar-refractivity contribution in [2.75, 3.05) is 13.1 Å². The van der Waals surface area contributed by atoms with Crippen LogP contribution in [0.2, 0.25) is 0 Å². The molecule has 25 heavy (non-hydrogen) atoms. The minimum Gasteiger partial charge on any atom is -0.313 e. The Kier molecular flexibility index (Phi) is 3.53. The molecule has 0 aliphatic carbocycles. The molecule has 4 aromatic rings. The summed E-state index contributed by atoms with van der Waals surface area (Å²) >= 11 is 0. The molecule has 3 heterocycles. The van der Waals surface area contributed by atoms with Gasteiger partial charge in [-0.15, -0.1) is 0 Å². The van der Waals surface area contributed by atoms with Crippen LogP contribution in [0.4, 0.5) is 0 Å². The van der Waals surface area contributed by atoms with E-state index in [1.54, 1.807) is 0 Å². The van der Waals surface area contributed by atoms with Crippen molar-refractivity contribution in [3.05, 3.63) is 84.2 Å². The summed E-state index contributed by atoms with van der Waals surface area (Å²) in [5, 5.41) is 0. The first-order valence-electron chi connectivity index (χ1n) is 9.06. The molecule has 2 aromatic heterocycles. The first kappa shape index (κ1) is 14.7. The second kappa shape index (κ2) is 6.01. The van der Waals surface area contributed by atoms with Gasteiger partial charge in [0.2, 0.25) is 0 Å². The third-order valence-electron chi connectivity index (χ3n) is 5.27. The normalized spacial score (nSPS) is 16.6. The van der Waals surface area contributed by atoms with Crippen molar-refractivity contribution < 1.29 is 0 Å². The Morgan fingerprint density at radius 2 is 1.48 bits per heavy atom. The molecule has 1 atom stereocenters. The van der Waals surface area contributed by atoms with Crippen molar-refractivity contribution in [1.29, 1.82) is 0 Å². The van der Waals surface area contributed by atoms with Gasteiger partial charge in [-0.05, 0) is 55.8 Å². The Labute approximate surface area is 147 Å². The summed E-state index contributed by atoms with van der Waals surface area (Å²) in [7, 11) is 0. The lowest BCUT2D eigenvalue weighted by atomic mass is 10.0. The maximum absolute atomic E-state index is 5.13. The van der Waals surface area contributed by atoms with Crippen LogP contribution in [0, 0.1) is 0 Å². The van der Waals surface area contributed by atoms with Crippen molar-refractivity contribution in [3.63, 3.8) is 0 Å². The largest absolute Gasteiger partial charge is 0.313 e. The number of rotatable bonds is 3. The number of para-hydroxylation sites is 2. The Bertz CT molecular complexity index is 1010. The van der Waals surface area contributed by atoms with Crippen molar-refractivity contribution in [2.45, 2.75) is 18.9 Å². The molecule has 0 bridgehead atoms. The number of fused-ring (bicyclic) bond motifs is 3. The third-order valence-corrected chi connectivity index (χ3v) is 5.27. The van der Waals surface area contributed by atoms with Gasteiger partial charge in [0.25, 0.3) is 0 Å². The first-order valence-corrected chi connectivity index (χ1v) is 9.06. The van der Waals surface area contributed by atoms with Gasteiger partial charge in [0, 0.05) is 6.20 Å². The average molecular weight is 327 g/mol. The van der Waals surface area contributed by atoms with Crippen molar-refractivity contribution >= 4 is 16.6 Å². The Balaban J connectivity index is 1.79. The lowest BCUT2D eigenvalue weighted by molar-refractivity contribution is 0.278. The van der Waals surface area contributed by atoms with Gasteiger partial charge in [-0.1, -0.05) is 42.5 Å². The molecule has 5 rings (SSSR count). The Morgan fingerprint density at radius 1 is 0.760 bits per heavy atom. The van der Waals surface area contributed by atoms with E-state index in [0.29, 0.717) is 0 Å². The molecule has 0 radical (unpaired) electrons. The summed E-state index contributed by atoms with van der Waals surface area (Å²) in [6.07, 6.45) is 4.69. The van der Waals surface area contributed by atoms with E-state index in [-0.39, 0.29) is 6.04 Å². The smallest absolute Gasteiger partial charge is 0.0875 e. The maximum atomic E-state index is 5.13. The van der Waals surface area contributed by atoms with Crippen LogP contribution in [0.25, 0.3) is 16.6 Å².